The van der Waals surface area contributed by atoms with E-state index < -0.39 is 24.5 Å². The minimum Gasteiger partial charge on any atom is -0.465 e. The van der Waals surface area contributed by atoms with Crippen LogP contribution >= 0.6 is 0 Å². The van der Waals surface area contributed by atoms with Crippen LogP contribution in [0.25, 0.3) is 6.08 Å². The van der Waals surface area contributed by atoms with Gasteiger partial charge in [-0.3, -0.25) is 10.1 Å². The fourth-order valence-electron chi connectivity index (χ4n) is 2.49. The number of hydrogen-bond acceptors (Lipinski definition) is 6. The number of ether oxygens (including phenoxy) is 1. The molecule has 1 aromatic rings. The van der Waals surface area contributed by atoms with Gasteiger partial charge in [-0.05, 0) is 25.0 Å². The summed E-state index contributed by atoms with van der Waals surface area (Å²) >= 11 is 0. The van der Waals surface area contributed by atoms with Crippen molar-refractivity contribution in [3.05, 3.63) is 29.7 Å². The molecule has 1 saturated carbocycles. The van der Waals surface area contributed by atoms with Crippen LogP contribution in [0, 0.1) is 11.3 Å². The molecule has 0 radical (unpaired) electrons. The van der Waals surface area contributed by atoms with Gasteiger partial charge < -0.3 is 14.5 Å². The number of urea groups is 1. The van der Waals surface area contributed by atoms with Crippen LogP contribution in [0.4, 0.5) is 4.79 Å². The van der Waals surface area contributed by atoms with Crippen LogP contribution in [0.5, 0.6) is 0 Å². The van der Waals surface area contributed by atoms with E-state index in [4.69, 9.17) is 14.4 Å². The Balaban J connectivity index is 1.75. The lowest BCUT2D eigenvalue weighted by molar-refractivity contribution is -0.144. The minimum atomic E-state index is -0.971. The third-order valence-corrected chi connectivity index (χ3v) is 3.70. The molecule has 0 aliphatic heterocycles. The number of furan rings is 1. The van der Waals surface area contributed by atoms with Crippen LogP contribution in [-0.2, 0) is 14.3 Å². The smallest absolute Gasteiger partial charge is 0.349 e. The number of nitrogens with one attached hydrogen (secondary N) is 2. The average Bonchev–Trinajstić information content (AvgIpc) is 3.11. The molecule has 1 aliphatic carbocycles. The first-order valence-electron chi connectivity index (χ1n) is 8.01. The summed E-state index contributed by atoms with van der Waals surface area (Å²) in [6, 6.07) is 4.29. The molecule has 1 aromatic heterocycles. The molecule has 132 valence electrons. The molecule has 8 nitrogen and oxygen atoms in total. The average molecular weight is 345 g/mol. The molecule has 1 heterocycles. The van der Waals surface area contributed by atoms with Crippen LogP contribution in [0.1, 0.15) is 37.9 Å². The fourth-order valence-corrected chi connectivity index (χ4v) is 2.49. The molecular formula is C17H19N3O5. The first-order valence-corrected chi connectivity index (χ1v) is 8.01. The van der Waals surface area contributed by atoms with Gasteiger partial charge in [-0.1, -0.05) is 19.3 Å². The molecule has 0 spiro atoms. The first-order chi connectivity index (χ1) is 12.1. The number of esters is 1. The molecule has 1 fully saturated rings. The minimum absolute atomic E-state index is 0.0607. The Morgan fingerprint density at radius 2 is 2.08 bits per heavy atom. The van der Waals surface area contributed by atoms with E-state index in [2.05, 4.69) is 10.6 Å². The van der Waals surface area contributed by atoms with Gasteiger partial charge in [0, 0.05) is 12.1 Å². The largest absolute Gasteiger partial charge is 0.465 e. The number of nitriles is 1. The molecule has 3 amide bonds. The lowest BCUT2D eigenvalue weighted by Gasteiger charge is -2.22. The van der Waals surface area contributed by atoms with Crippen molar-refractivity contribution in [3.8, 4) is 6.07 Å². The topological polar surface area (TPSA) is 121 Å². The van der Waals surface area contributed by atoms with Crippen molar-refractivity contribution >= 4 is 24.0 Å². The number of rotatable bonds is 5. The van der Waals surface area contributed by atoms with E-state index in [-0.39, 0.29) is 11.6 Å². The molecule has 1 aliphatic rings. The number of imide groups is 1. The summed E-state index contributed by atoms with van der Waals surface area (Å²) in [5.41, 5.74) is -0.311. The van der Waals surface area contributed by atoms with E-state index >= 15 is 0 Å². The number of amides is 3. The van der Waals surface area contributed by atoms with E-state index in [1.165, 1.54) is 12.3 Å². The molecule has 8 heteroatoms. The molecule has 0 aromatic carbocycles. The summed E-state index contributed by atoms with van der Waals surface area (Å²) in [5, 5.41) is 13.8. The molecule has 0 bridgehead atoms. The van der Waals surface area contributed by atoms with Gasteiger partial charge in [0.2, 0.25) is 0 Å². The first kappa shape index (κ1) is 18.3. The van der Waals surface area contributed by atoms with Crippen LogP contribution in [-0.4, -0.2) is 30.6 Å². The second-order valence-electron chi connectivity index (χ2n) is 5.62. The molecule has 0 unspecified atom stereocenters. The molecular weight excluding hydrogens is 326 g/mol. The van der Waals surface area contributed by atoms with E-state index in [0.29, 0.717) is 5.76 Å². The summed E-state index contributed by atoms with van der Waals surface area (Å²) in [6.45, 7) is -0.659. The van der Waals surface area contributed by atoms with Crippen LogP contribution in [0.2, 0.25) is 0 Å². The van der Waals surface area contributed by atoms with Crippen molar-refractivity contribution in [1.82, 2.24) is 10.6 Å². The normalized spacial score (nSPS) is 15.1. The van der Waals surface area contributed by atoms with Gasteiger partial charge in [-0.2, -0.15) is 5.26 Å². The summed E-state index contributed by atoms with van der Waals surface area (Å²) in [6.07, 6.45) is 7.63. The maximum atomic E-state index is 11.8. The van der Waals surface area contributed by atoms with Crippen molar-refractivity contribution in [2.75, 3.05) is 6.61 Å². The Labute approximate surface area is 144 Å². The van der Waals surface area contributed by atoms with Gasteiger partial charge in [-0.25, -0.2) is 9.59 Å². The Morgan fingerprint density at radius 1 is 1.32 bits per heavy atom. The summed E-state index contributed by atoms with van der Waals surface area (Å²) in [5.74, 6) is -1.43. The quantitative estimate of drug-likeness (QED) is 0.477. The van der Waals surface area contributed by atoms with Crippen molar-refractivity contribution in [3.63, 3.8) is 0 Å². The number of hydrogen-bond donors (Lipinski definition) is 2. The zero-order valence-corrected chi connectivity index (χ0v) is 13.6. The number of carbonyl (C=O) groups excluding carboxylic acids is 3. The van der Waals surface area contributed by atoms with Crippen LogP contribution in [0.3, 0.4) is 0 Å². The summed E-state index contributed by atoms with van der Waals surface area (Å²) < 4.78 is 9.73. The molecule has 2 rings (SSSR count). The maximum absolute atomic E-state index is 11.8. The predicted octanol–water partition coefficient (Wildman–Crippen LogP) is 1.89. The summed E-state index contributed by atoms with van der Waals surface area (Å²) in [7, 11) is 0. The Bertz CT molecular complexity index is 682. The lowest BCUT2D eigenvalue weighted by Crippen LogP contribution is -2.46. The van der Waals surface area contributed by atoms with Crippen molar-refractivity contribution in [1.29, 1.82) is 5.26 Å². The van der Waals surface area contributed by atoms with Crippen molar-refractivity contribution < 1.29 is 23.5 Å². The third-order valence-electron chi connectivity index (χ3n) is 3.70. The third kappa shape index (κ3) is 6.14. The van der Waals surface area contributed by atoms with Gasteiger partial charge in [0.1, 0.15) is 17.4 Å². The highest BCUT2D eigenvalue weighted by Gasteiger charge is 2.18. The molecule has 0 saturated heterocycles. The molecule has 0 atom stereocenters. The van der Waals surface area contributed by atoms with Gasteiger partial charge in [0.05, 0.1) is 6.26 Å². The lowest BCUT2D eigenvalue weighted by atomic mass is 9.96. The van der Waals surface area contributed by atoms with E-state index in [1.807, 2.05) is 0 Å². The van der Waals surface area contributed by atoms with Gasteiger partial charge >= 0.3 is 12.0 Å². The van der Waals surface area contributed by atoms with E-state index in [0.717, 1.165) is 32.1 Å². The fraction of sp³-hybridized carbons (Fsp3) is 0.412. The highest BCUT2D eigenvalue weighted by Crippen LogP contribution is 2.17. The van der Waals surface area contributed by atoms with Crippen LogP contribution in [0.15, 0.2) is 28.4 Å². The molecule has 2 N–H and O–H groups in total. The zero-order chi connectivity index (χ0) is 18.1. The highest BCUT2D eigenvalue weighted by atomic mass is 16.5. The SMILES string of the molecule is N#C/C(=C\c1ccco1)C(=O)OCC(=O)NC(=O)NC1CCCCC1. The summed E-state index contributed by atoms with van der Waals surface area (Å²) in [4.78, 5) is 35.1. The number of carbonyl (C=O) groups is 3. The monoisotopic (exact) mass is 345 g/mol. The second kappa shape index (κ2) is 9.27. The van der Waals surface area contributed by atoms with Crippen molar-refractivity contribution in [2.24, 2.45) is 0 Å². The highest BCUT2D eigenvalue weighted by molar-refractivity contribution is 6.00. The standard InChI is InChI=1S/C17H19N3O5/c18-10-12(9-14-7-4-8-24-14)16(22)25-11-15(21)20-17(23)19-13-5-2-1-3-6-13/h4,7-9,13H,1-3,5-6,11H2,(H2,19,20,21,23)/b12-9+. The Kier molecular flexibility index (Phi) is 6.77. The van der Waals surface area contributed by atoms with Gasteiger partial charge in [0.15, 0.2) is 6.61 Å². The van der Waals surface area contributed by atoms with Gasteiger partial charge in [0.25, 0.3) is 5.91 Å². The second-order valence-corrected chi connectivity index (χ2v) is 5.62. The Hall–Kier alpha value is -3.08. The molecule has 25 heavy (non-hydrogen) atoms. The van der Waals surface area contributed by atoms with E-state index in [1.54, 1.807) is 18.2 Å². The predicted molar refractivity (Wildman–Crippen MR) is 86.8 cm³/mol. The van der Waals surface area contributed by atoms with Gasteiger partial charge in [-0.15, -0.1) is 0 Å². The zero-order valence-electron chi connectivity index (χ0n) is 13.6. The van der Waals surface area contributed by atoms with Crippen molar-refractivity contribution in [2.45, 2.75) is 38.1 Å². The maximum Gasteiger partial charge on any atom is 0.349 e. The number of nitrogens with zero attached hydrogens (tertiary/aromatic N) is 1. The van der Waals surface area contributed by atoms with E-state index in [9.17, 15) is 14.4 Å². The Morgan fingerprint density at radius 3 is 2.72 bits per heavy atom. The van der Waals surface area contributed by atoms with Crippen LogP contribution < -0.4 is 10.6 Å².